The number of hydrogen-bond donors (Lipinski definition) is 3. The fourth-order valence-corrected chi connectivity index (χ4v) is 3.73. The molecule has 0 aliphatic heterocycles. The van der Waals surface area contributed by atoms with Gasteiger partial charge in [0.1, 0.15) is 6.10 Å². The summed E-state index contributed by atoms with van der Waals surface area (Å²) in [4.78, 5) is 34.8. The van der Waals surface area contributed by atoms with Crippen molar-refractivity contribution < 1.29 is 34.4 Å². The van der Waals surface area contributed by atoms with Gasteiger partial charge in [-0.15, -0.1) is 0 Å². The molecule has 0 heterocycles. The van der Waals surface area contributed by atoms with E-state index in [1.54, 1.807) is 0 Å². The van der Waals surface area contributed by atoms with Crippen LogP contribution in [0.2, 0.25) is 0 Å². The summed E-state index contributed by atoms with van der Waals surface area (Å²) in [7, 11) is 0. The van der Waals surface area contributed by atoms with Gasteiger partial charge in [-0.2, -0.15) is 0 Å². The van der Waals surface area contributed by atoms with Crippen molar-refractivity contribution in [2.24, 2.45) is 5.92 Å². The number of carboxylic acid groups (broad SMARTS) is 2. The Labute approximate surface area is 181 Å². The van der Waals surface area contributed by atoms with E-state index in [1.807, 2.05) is 0 Å². The van der Waals surface area contributed by atoms with Gasteiger partial charge in [-0.05, 0) is 31.6 Å². The maximum atomic E-state index is 12.5. The van der Waals surface area contributed by atoms with E-state index in [-0.39, 0.29) is 12.0 Å². The van der Waals surface area contributed by atoms with Crippen molar-refractivity contribution in [2.75, 3.05) is 0 Å². The fraction of sp³-hybridized carbons (Fsp3) is 0.870. The minimum absolute atomic E-state index is 0.196. The zero-order chi connectivity index (χ0) is 23.0. The first-order valence-electron chi connectivity index (χ1n) is 11.6. The summed E-state index contributed by atoms with van der Waals surface area (Å²) in [6, 6.07) is 0. The molecule has 0 saturated heterocycles. The van der Waals surface area contributed by atoms with Crippen LogP contribution in [0.15, 0.2) is 0 Å². The lowest BCUT2D eigenvalue weighted by Crippen LogP contribution is -2.44. The van der Waals surface area contributed by atoms with Gasteiger partial charge >= 0.3 is 17.9 Å². The number of rotatable bonds is 19. The molecule has 2 unspecified atom stereocenters. The molecule has 0 saturated carbocycles. The van der Waals surface area contributed by atoms with Gasteiger partial charge in [-0.3, -0.25) is 9.59 Å². The predicted molar refractivity (Wildman–Crippen MR) is 115 cm³/mol. The molecule has 2 atom stereocenters. The number of aliphatic hydroxyl groups is 1. The van der Waals surface area contributed by atoms with Crippen molar-refractivity contribution in [3.63, 3.8) is 0 Å². The lowest BCUT2D eigenvalue weighted by atomic mass is 9.87. The van der Waals surface area contributed by atoms with Crippen LogP contribution in [0.3, 0.4) is 0 Å². The summed E-state index contributed by atoms with van der Waals surface area (Å²) < 4.78 is 5.69. The molecule has 176 valence electrons. The van der Waals surface area contributed by atoms with Gasteiger partial charge < -0.3 is 20.1 Å². The van der Waals surface area contributed by atoms with E-state index >= 15 is 0 Å². The van der Waals surface area contributed by atoms with Crippen molar-refractivity contribution in [1.29, 1.82) is 0 Å². The third-order valence-corrected chi connectivity index (χ3v) is 5.54. The number of carbonyl (C=O) groups excluding carboxylic acids is 1. The van der Waals surface area contributed by atoms with E-state index in [9.17, 15) is 24.6 Å². The summed E-state index contributed by atoms with van der Waals surface area (Å²) in [5, 5.41) is 28.3. The second-order valence-corrected chi connectivity index (χ2v) is 8.36. The predicted octanol–water partition coefficient (Wildman–Crippen LogP) is 4.94. The number of carboxylic acids is 2. The Balaban J connectivity index is 5.28. The highest BCUT2D eigenvalue weighted by molar-refractivity contribution is 5.88. The molecule has 0 spiro atoms. The molecule has 0 aromatic heterocycles. The first kappa shape index (κ1) is 28.4. The SMILES string of the molecule is CCCCCC(CCCCC)C(CCCCC)OC(=O)CC(O)(CC(=O)O)C(=O)O. The maximum absolute atomic E-state index is 12.5. The molecule has 3 N–H and O–H groups in total. The average Bonchev–Trinajstić information content (AvgIpc) is 2.65. The molecule has 0 aromatic carbocycles. The van der Waals surface area contributed by atoms with Crippen molar-refractivity contribution in [3.8, 4) is 0 Å². The van der Waals surface area contributed by atoms with Crippen LogP contribution in [0, 0.1) is 5.92 Å². The van der Waals surface area contributed by atoms with Gasteiger partial charge in [-0.25, -0.2) is 4.79 Å². The number of aliphatic carboxylic acids is 2. The van der Waals surface area contributed by atoms with Crippen molar-refractivity contribution in [3.05, 3.63) is 0 Å². The first-order chi connectivity index (χ1) is 14.2. The standard InChI is InChI=1S/C23H42O7/c1-4-7-10-13-18(14-11-8-5-2)19(15-12-9-6-3)30-21(26)17-23(29,22(27)28)16-20(24)25/h18-19,29H,4-17H2,1-3H3,(H,24,25)(H,27,28). The van der Waals surface area contributed by atoms with E-state index in [0.717, 1.165) is 70.6 Å². The van der Waals surface area contributed by atoms with E-state index in [0.29, 0.717) is 6.42 Å². The summed E-state index contributed by atoms with van der Waals surface area (Å²) in [5.74, 6) is -3.86. The molecule has 0 aliphatic carbocycles. The summed E-state index contributed by atoms with van der Waals surface area (Å²) in [6.07, 6.45) is 9.82. The molecular formula is C23H42O7. The van der Waals surface area contributed by atoms with Gasteiger partial charge in [0.25, 0.3) is 0 Å². The third-order valence-electron chi connectivity index (χ3n) is 5.54. The third kappa shape index (κ3) is 12.2. The minimum Gasteiger partial charge on any atom is -0.481 e. The van der Waals surface area contributed by atoms with Crippen molar-refractivity contribution >= 4 is 17.9 Å². The largest absolute Gasteiger partial charge is 0.481 e. The fourth-order valence-electron chi connectivity index (χ4n) is 3.73. The molecule has 7 nitrogen and oxygen atoms in total. The first-order valence-corrected chi connectivity index (χ1v) is 11.6. The zero-order valence-electron chi connectivity index (χ0n) is 19.0. The van der Waals surface area contributed by atoms with Gasteiger partial charge in [0.2, 0.25) is 0 Å². The Bertz CT molecular complexity index is 496. The highest BCUT2D eigenvalue weighted by atomic mass is 16.5. The van der Waals surface area contributed by atoms with Crippen LogP contribution in [0.1, 0.15) is 111 Å². The van der Waals surface area contributed by atoms with E-state index in [2.05, 4.69) is 20.8 Å². The Morgan fingerprint density at radius 3 is 1.63 bits per heavy atom. The van der Waals surface area contributed by atoms with Crippen LogP contribution in [-0.4, -0.2) is 44.9 Å². The van der Waals surface area contributed by atoms with Crippen LogP contribution >= 0.6 is 0 Å². The second kappa shape index (κ2) is 16.1. The van der Waals surface area contributed by atoms with E-state index in [1.165, 1.54) is 0 Å². The normalized spacial score (nSPS) is 14.3. The molecule has 0 radical (unpaired) electrons. The van der Waals surface area contributed by atoms with Crippen LogP contribution in [-0.2, 0) is 19.1 Å². The quantitative estimate of drug-likeness (QED) is 0.196. The number of hydrogen-bond acceptors (Lipinski definition) is 5. The monoisotopic (exact) mass is 430 g/mol. The topological polar surface area (TPSA) is 121 Å². The molecule has 30 heavy (non-hydrogen) atoms. The number of ether oxygens (including phenoxy) is 1. The smallest absolute Gasteiger partial charge is 0.336 e. The van der Waals surface area contributed by atoms with Crippen molar-refractivity contribution in [1.82, 2.24) is 0 Å². The highest BCUT2D eigenvalue weighted by Crippen LogP contribution is 2.28. The Hall–Kier alpha value is -1.63. The lowest BCUT2D eigenvalue weighted by Gasteiger charge is -2.29. The molecule has 7 heteroatoms. The number of unbranched alkanes of at least 4 members (excludes halogenated alkanes) is 6. The number of esters is 1. The van der Waals surface area contributed by atoms with Gasteiger partial charge in [0, 0.05) is 0 Å². The molecule has 0 bridgehead atoms. The van der Waals surface area contributed by atoms with Crippen molar-refractivity contribution in [2.45, 2.75) is 122 Å². The zero-order valence-corrected chi connectivity index (χ0v) is 19.0. The Morgan fingerprint density at radius 2 is 1.23 bits per heavy atom. The van der Waals surface area contributed by atoms with Gasteiger partial charge in [-0.1, -0.05) is 72.1 Å². The summed E-state index contributed by atoms with van der Waals surface area (Å²) in [5.41, 5.74) is -2.66. The Morgan fingerprint density at radius 1 is 0.767 bits per heavy atom. The summed E-state index contributed by atoms with van der Waals surface area (Å²) in [6.45, 7) is 6.37. The number of carbonyl (C=O) groups is 3. The molecule has 0 rings (SSSR count). The second-order valence-electron chi connectivity index (χ2n) is 8.36. The molecule has 0 fully saturated rings. The molecule has 0 amide bonds. The maximum Gasteiger partial charge on any atom is 0.336 e. The summed E-state index contributed by atoms with van der Waals surface area (Å²) >= 11 is 0. The van der Waals surface area contributed by atoms with Crippen LogP contribution in [0.5, 0.6) is 0 Å². The minimum atomic E-state index is -2.66. The molecule has 0 aromatic rings. The van der Waals surface area contributed by atoms with Gasteiger partial charge in [0.15, 0.2) is 5.60 Å². The van der Waals surface area contributed by atoms with E-state index in [4.69, 9.17) is 9.84 Å². The molecule has 0 aliphatic rings. The lowest BCUT2D eigenvalue weighted by molar-refractivity contribution is -0.174. The van der Waals surface area contributed by atoms with Crippen LogP contribution in [0.4, 0.5) is 0 Å². The van der Waals surface area contributed by atoms with Gasteiger partial charge in [0.05, 0.1) is 12.8 Å². The average molecular weight is 431 g/mol. The molecular weight excluding hydrogens is 388 g/mol. The van der Waals surface area contributed by atoms with E-state index < -0.39 is 36.4 Å². The van der Waals surface area contributed by atoms with Crippen LogP contribution in [0.25, 0.3) is 0 Å². The van der Waals surface area contributed by atoms with Crippen LogP contribution < -0.4 is 0 Å². The highest BCUT2D eigenvalue weighted by Gasteiger charge is 2.42. The Kier molecular flexibility index (Phi) is 15.2.